The Labute approximate surface area is 180 Å². The van der Waals surface area contributed by atoms with Gasteiger partial charge in [-0.15, -0.1) is 0 Å². The second-order valence-electron chi connectivity index (χ2n) is 6.50. The molecular weight excluding hydrogens is 416 g/mol. The van der Waals surface area contributed by atoms with E-state index >= 15 is 0 Å². The van der Waals surface area contributed by atoms with Crippen LogP contribution in [0, 0.1) is 0 Å². The van der Waals surface area contributed by atoms with Gasteiger partial charge in [0, 0.05) is 29.2 Å². The van der Waals surface area contributed by atoms with Gasteiger partial charge in [0.1, 0.15) is 0 Å². The van der Waals surface area contributed by atoms with E-state index in [2.05, 4.69) is 20.7 Å². The summed E-state index contributed by atoms with van der Waals surface area (Å²) < 4.78 is 26.3. The second kappa shape index (κ2) is 9.88. The molecule has 0 spiro atoms. The predicted octanol–water partition coefficient (Wildman–Crippen LogP) is 3.88. The molecule has 0 atom stereocenters. The van der Waals surface area contributed by atoms with E-state index in [0.717, 1.165) is 0 Å². The summed E-state index contributed by atoms with van der Waals surface area (Å²) in [4.78, 5) is 24.5. The number of hydrogen-bond donors (Lipinski definition) is 4. The Morgan fingerprint density at radius 2 is 1.23 bits per heavy atom. The van der Waals surface area contributed by atoms with Crippen LogP contribution in [0.5, 0.6) is 0 Å². The maximum Gasteiger partial charge on any atom is 0.323 e. The predicted molar refractivity (Wildman–Crippen MR) is 121 cm³/mol. The van der Waals surface area contributed by atoms with Crippen molar-refractivity contribution in [2.24, 2.45) is 0 Å². The fourth-order valence-corrected chi connectivity index (χ4v) is 3.75. The van der Waals surface area contributed by atoms with Gasteiger partial charge in [-0.2, -0.15) is 0 Å². The van der Waals surface area contributed by atoms with Crippen molar-refractivity contribution in [1.82, 2.24) is 4.72 Å². The molecule has 8 nitrogen and oxygen atoms in total. The number of carbonyl (C=O) groups is 2. The molecule has 31 heavy (non-hydrogen) atoms. The normalized spacial score (nSPS) is 10.9. The van der Waals surface area contributed by atoms with Crippen LogP contribution < -0.4 is 20.7 Å². The van der Waals surface area contributed by atoms with Crippen LogP contribution in [-0.4, -0.2) is 26.9 Å². The number of nitrogens with one attached hydrogen (secondary N) is 4. The number of hydrogen-bond acceptors (Lipinski definition) is 4. The highest BCUT2D eigenvalue weighted by molar-refractivity contribution is 7.89. The van der Waals surface area contributed by atoms with Gasteiger partial charge in [0.25, 0.3) is 5.91 Å². The highest BCUT2D eigenvalue weighted by atomic mass is 32.2. The standard InChI is InChI=1S/C22H22N4O4S/c1-2-23-31(29,30)20-14-8-16(9-15-20)21(27)24-18-10-12-19(13-11-18)26-22(28)25-17-6-4-3-5-7-17/h3-15,23H,2H2,1H3,(H,24,27)(H2,25,26,28). The molecule has 0 saturated carbocycles. The summed E-state index contributed by atoms with van der Waals surface area (Å²) in [5.41, 5.74) is 2.08. The quantitative estimate of drug-likeness (QED) is 0.448. The van der Waals surface area contributed by atoms with Crippen molar-refractivity contribution in [3.05, 3.63) is 84.4 Å². The molecule has 4 N–H and O–H groups in total. The SMILES string of the molecule is CCNS(=O)(=O)c1ccc(C(=O)Nc2ccc(NC(=O)Nc3ccccc3)cc2)cc1. The van der Waals surface area contributed by atoms with E-state index in [9.17, 15) is 18.0 Å². The first-order chi connectivity index (χ1) is 14.9. The van der Waals surface area contributed by atoms with Crippen LogP contribution in [0.2, 0.25) is 0 Å². The molecule has 0 saturated heterocycles. The third-order valence-corrected chi connectivity index (χ3v) is 5.75. The fourth-order valence-electron chi connectivity index (χ4n) is 2.71. The lowest BCUT2D eigenvalue weighted by Crippen LogP contribution is -2.23. The Morgan fingerprint density at radius 1 is 0.710 bits per heavy atom. The molecule has 3 aromatic carbocycles. The largest absolute Gasteiger partial charge is 0.323 e. The van der Waals surface area contributed by atoms with Crippen LogP contribution in [0.15, 0.2) is 83.8 Å². The second-order valence-corrected chi connectivity index (χ2v) is 8.27. The summed E-state index contributed by atoms with van der Waals surface area (Å²) in [5.74, 6) is -0.380. The van der Waals surface area contributed by atoms with Crippen molar-refractivity contribution in [2.45, 2.75) is 11.8 Å². The highest BCUT2D eigenvalue weighted by Gasteiger charge is 2.14. The average Bonchev–Trinajstić information content (AvgIpc) is 2.76. The van der Waals surface area contributed by atoms with E-state index in [4.69, 9.17) is 0 Å². The molecule has 0 bridgehead atoms. The van der Waals surface area contributed by atoms with Gasteiger partial charge >= 0.3 is 6.03 Å². The van der Waals surface area contributed by atoms with Crippen LogP contribution in [0.25, 0.3) is 0 Å². The number of amides is 3. The van der Waals surface area contributed by atoms with Gasteiger partial charge in [-0.3, -0.25) is 4.79 Å². The number of benzene rings is 3. The fraction of sp³-hybridized carbons (Fsp3) is 0.0909. The summed E-state index contributed by atoms with van der Waals surface area (Å²) in [6, 6.07) is 21.0. The van der Waals surface area contributed by atoms with Crippen molar-refractivity contribution < 1.29 is 18.0 Å². The van der Waals surface area contributed by atoms with E-state index < -0.39 is 10.0 Å². The van der Waals surface area contributed by atoms with Gasteiger partial charge in [0.15, 0.2) is 0 Å². The monoisotopic (exact) mass is 438 g/mol. The Morgan fingerprint density at radius 3 is 1.77 bits per heavy atom. The van der Waals surface area contributed by atoms with Gasteiger partial charge in [-0.1, -0.05) is 25.1 Å². The number of urea groups is 1. The van der Waals surface area contributed by atoms with Crippen LogP contribution in [-0.2, 0) is 10.0 Å². The van der Waals surface area contributed by atoms with Crippen molar-refractivity contribution in [2.75, 3.05) is 22.5 Å². The van der Waals surface area contributed by atoms with E-state index in [1.54, 1.807) is 43.3 Å². The molecule has 0 aliphatic rings. The lowest BCUT2D eigenvalue weighted by Gasteiger charge is -2.10. The lowest BCUT2D eigenvalue weighted by molar-refractivity contribution is 0.102. The van der Waals surface area contributed by atoms with Gasteiger partial charge in [0.05, 0.1) is 4.90 Å². The van der Waals surface area contributed by atoms with E-state index in [-0.39, 0.29) is 23.4 Å². The van der Waals surface area contributed by atoms with Crippen molar-refractivity contribution in [1.29, 1.82) is 0 Å². The number of rotatable bonds is 7. The minimum Gasteiger partial charge on any atom is -0.322 e. The first kappa shape index (κ1) is 22.0. The Bertz CT molecular complexity index is 1150. The molecule has 160 valence electrons. The van der Waals surface area contributed by atoms with Crippen LogP contribution in [0.4, 0.5) is 21.9 Å². The van der Waals surface area contributed by atoms with Gasteiger partial charge < -0.3 is 16.0 Å². The Hall–Kier alpha value is -3.69. The molecule has 0 unspecified atom stereocenters. The lowest BCUT2D eigenvalue weighted by atomic mass is 10.2. The molecule has 0 fully saturated rings. The average molecular weight is 439 g/mol. The maximum absolute atomic E-state index is 12.4. The number of anilines is 3. The van der Waals surface area contributed by atoms with Crippen LogP contribution in [0.3, 0.4) is 0 Å². The molecule has 0 heterocycles. The Kier molecular flexibility index (Phi) is 7.01. The van der Waals surface area contributed by atoms with Gasteiger partial charge in [0.2, 0.25) is 10.0 Å². The van der Waals surface area contributed by atoms with Gasteiger partial charge in [-0.05, 0) is 60.7 Å². The number of sulfonamides is 1. The zero-order valence-electron chi connectivity index (χ0n) is 16.8. The molecule has 0 aromatic heterocycles. The molecular formula is C22H22N4O4S. The highest BCUT2D eigenvalue weighted by Crippen LogP contribution is 2.16. The first-order valence-electron chi connectivity index (χ1n) is 9.51. The number of carbonyl (C=O) groups excluding carboxylic acids is 2. The summed E-state index contributed by atoms with van der Waals surface area (Å²) in [5, 5.41) is 8.15. The molecule has 3 rings (SSSR count). The van der Waals surface area contributed by atoms with Crippen molar-refractivity contribution >= 4 is 39.0 Å². The summed E-state index contributed by atoms with van der Waals surface area (Å²) in [6.45, 7) is 1.97. The third-order valence-electron chi connectivity index (χ3n) is 4.19. The van der Waals surface area contributed by atoms with Crippen LogP contribution in [0.1, 0.15) is 17.3 Å². The van der Waals surface area contributed by atoms with E-state index in [1.807, 2.05) is 18.2 Å². The van der Waals surface area contributed by atoms with E-state index in [1.165, 1.54) is 24.3 Å². The smallest absolute Gasteiger partial charge is 0.322 e. The Balaban J connectivity index is 1.58. The molecule has 0 aliphatic heterocycles. The zero-order chi connectivity index (χ0) is 22.3. The molecule has 3 amide bonds. The van der Waals surface area contributed by atoms with E-state index in [0.29, 0.717) is 22.6 Å². The molecule has 9 heteroatoms. The topological polar surface area (TPSA) is 116 Å². The summed E-state index contributed by atoms with van der Waals surface area (Å²) >= 11 is 0. The number of para-hydroxylation sites is 1. The summed E-state index contributed by atoms with van der Waals surface area (Å²) in [7, 11) is -3.57. The van der Waals surface area contributed by atoms with Crippen LogP contribution >= 0.6 is 0 Å². The minimum absolute atomic E-state index is 0.0927. The van der Waals surface area contributed by atoms with Crippen molar-refractivity contribution in [3.63, 3.8) is 0 Å². The molecule has 0 aliphatic carbocycles. The summed E-state index contributed by atoms with van der Waals surface area (Å²) in [6.07, 6.45) is 0. The molecule has 0 radical (unpaired) electrons. The third kappa shape index (κ3) is 6.14. The maximum atomic E-state index is 12.4. The first-order valence-corrected chi connectivity index (χ1v) is 11.0. The van der Waals surface area contributed by atoms with Gasteiger partial charge in [-0.25, -0.2) is 17.9 Å². The zero-order valence-corrected chi connectivity index (χ0v) is 17.6. The molecule has 3 aromatic rings. The van der Waals surface area contributed by atoms with Crippen molar-refractivity contribution in [3.8, 4) is 0 Å². The minimum atomic E-state index is -3.57.